The van der Waals surface area contributed by atoms with E-state index in [9.17, 15) is 10.1 Å². The molecular weight excluding hydrogens is 446 g/mol. The van der Waals surface area contributed by atoms with Crippen LogP contribution in [0.3, 0.4) is 0 Å². The summed E-state index contributed by atoms with van der Waals surface area (Å²) < 4.78 is 16.6. The summed E-state index contributed by atoms with van der Waals surface area (Å²) in [4.78, 5) is 19.6. The van der Waals surface area contributed by atoms with Gasteiger partial charge in [-0.2, -0.15) is 5.26 Å². The van der Waals surface area contributed by atoms with Crippen molar-refractivity contribution in [3.8, 4) is 29.1 Å². The van der Waals surface area contributed by atoms with Gasteiger partial charge in [-0.1, -0.05) is 24.3 Å². The van der Waals surface area contributed by atoms with Gasteiger partial charge in [0.05, 0.1) is 38.0 Å². The number of benzene rings is 3. The minimum Gasteiger partial charge on any atom is -0.497 e. The van der Waals surface area contributed by atoms with Gasteiger partial charge < -0.3 is 29.8 Å². The number of nitrogens with one attached hydrogen (secondary N) is 3. The van der Waals surface area contributed by atoms with Crippen molar-refractivity contribution in [2.75, 3.05) is 24.9 Å². The number of rotatable bonds is 8. The molecule has 4 rings (SSSR count). The number of imidazole rings is 1. The zero-order chi connectivity index (χ0) is 24.6. The summed E-state index contributed by atoms with van der Waals surface area (Å²) in [6, 6.07) is 21.2. The summed E-state index contributed by atoms with van der Waals surface area (Å²) in [6.07, 6.45) is 3.15. The third kappa shape index (κ3) is 5.51. The van der Waals surface area contributed by atoms with E-state index in [0.717, 1.165) is 0 Å². The van der Waals surface area contributed by atoms with Crippen molar-refractivity contribution in [2.45, 2.75) is 5.92 Å². The third-order valence-corrected chi connectivity index (χ3v) is 5.16. The van der Waals surface area contributed by atoms with Crippen LogP contribution in [0, 0.1) is 11.3 Å². The molecule has 176 valence electrons. The van der Waals surface area contributed by atoms with Crippen LogP contribution >= 0.6 is 0 Å². The van der Waals surface area contributed by atoms with E-state index in [1.807, 2.05) is 18.2 Å². The van der Waals surface area contributed by atoms with Crippen molar-refractivity contribution >= 4 is 17.4 Å². The Kier molecular flexibility index (Phi) is 7.13. The molecular formula is C26H23N5O4. The number of para-hydroxylation sites is 1. The number of H-pyrrole nitrogens is 1. The average molecular weight is 470 g/mol. The van der Waals surface area contributed by atoms with E-state index in [4.69, 9.17) is 14.2 Å². The van der Waals surface area contributed by atoms with Crippen LogP contribution in [0.25, 0.3) is 0 Å². The quantitative estimate of drug-likeness (QED) is 0.312. The predicted molar refractivity (Wildman–Crippen MR) is 131 cm³/mol. The number of amides is 2. The molecule has 2 amide bonds. The number of hydrogen-bond acceptors (Lipinski definition) is 6. The second-order valence-corrected chi connectivity index (χ2v) is 7.38. The SMILES string of the molecule is COc1ccc(OC)c(NC(=O)Nc2cccc(Oc3ccccc3C(C#N)c3cnc[nH]3)c2)c1. The summed E-state index contributed by atoms with van der Waals surface area (Å²) in [7, 11) is 3.07. The second kappa shape index (κ2) is 10.8. The maximum absolute atomic E-state index is 12.6. The summed E-state index contributed by atoms with van der Waals surface area (Å²) >= 11 is 0. The van der Waals surface area contributed by atoms with Gasteiger partial charge in [-0.25, -0.2) is 9.78 Å². The number of aromatic nitrogens is 2. The summed E-state index contributed by atoms with van der Waals surface area (Å²) in [5.41, 5.74) is 2.35. The van der Waals surface area contributed by atoms with Gasteiger partial charge in [0.2, 0.25) is 0 Å². The fraction of sp³-hybridized carbons (Fsp3) is 0.115. The van der Waals surface area contributed by atoms with Crippen molar-refractivity contribution < 1.29 is 19.0 Å². The Bertz CT molecular complexity index is 1350. The monoisotopic (exact) mass is 469 g/mol. The number of carbonyl (C=O) groups excluding carboxylic acids is 1. The van der Waals surface area contributed by atoms with Gasteiger partial charge in [0, 0.05) is 29.6 Å². The highest BCUT2D eigenvalue weighted by molar-refractivity contribution is 6.00. The van der Waals surface area contributed by atoms with Crippen molar-refractivity contribution in [3.05, 3.63) is 90.5 Å². The number of anilines is 2. The Morgan fingerprint density at radius 2 is 1.83 bits per heavy atom. The fourth-order valence-corrected chi connectivity index (χ4v) is 3.50. The van der Waals surface area contributed by atoms with E-state index in [1.54, 1.807) is 61.8 Å². The Morgan fingerprint density at radius 3 is 2.57 bits per heavy atom. The number of carbonyl (C=O) groups is 1. The lowest BCUT2D eigenvalue weighted by atomic mass is 9.97. The molecule has 0 fully saturated rings. The van der Waals surface area contributed by atoms with Crippen LogP contribution < -0.4 is 24.8 Å². The molecule has 1 atom stereocenters. The lowest BCUT2D eigenvalue weighted by molar-refractivity contribution is 0.262. The van der Waals surface area contributed by atoms with Crippen molar-refractivity contribution in [2.24, 2.45) is 0 Å². The molecule has 0 saturated carbocycles. The molecule has 9 nitrogen and oxygen atoms in total. The first-order valence-corrected chi connectivity index (χ1v) is 10.7. The zero-order valence-electron chi connectivity index (χ0n) is 19.1. The largest absolute Gasteiger partial charge is 0.497 e. The Balaban J connectivity index is 1.50. The van der Waals surface area contributed by atoms with Crippen LogP contribution in [-0.4, -0.2) is 30.2 Å². The van der Waals surface area contributed by atoms with E-state index >= 15 is 0 Å². The van der Waals surface area contributed by atoms with Crippen LogP contribution in [0.2, 0.25) is 0 Å². The smallest absolute Gasteiger partial charge is 0.323 e. The van der Waals surface area contributed by atoms with Crippen LogP contribution in [0.1, 0.15) is 17.2 Å². The fourth-order valence-electron chi connectivity index (χ4n) is 3.50. The highest BCUT2D eigenvalue weighted by atomic mass is 16.5. The molecule has 3 aromatic carbocycles. The summed E-state index contributed by atoms with van der Waals surface area (Å²) in [5.74, 6) is 1.53. The van der Waals surface area contributed by atoms with E-state index in [1.165, 1.54) is 13.4 Å². The Morgan fingerprint density at radius 1 is 0.971 bits per heavy atom. The molecule has 4 aromatic rings. The third-order valence-electron chi connectivity index (χ3n) is 5.16. The molecule has 9 heteroatoms. The molecule has 3 N–H and O–H groups in total. The van der Waals surface area contributed by atoms with Crippen LogP contribution in [0.15, 0.2) is 79.3 Å². The molecule has 0 aliphatic heterocycles. The number of aromatic amines is 1. The molecule has 0 saturated heterocycles. The van der Waals surface area contributed by atoms with Crippen LogP contribution in [0.5, 0.6) is 23.0 Å². The second-order valence-electron chi connectivity index (χ2n) is 7.38. The number of ether oxygens (including phenoxy) is 3. The van der Waals surface area contributed by atoms with E-state index in [0.29, 0.717) is 45.6 Å². The first kappa shape index (κ1) is 23.2. The molecule has 0 aliphatic carbocycles. The number of nitriles is 1. The van der Waals surface area contributed by atoms with Crippen LogP contribution in [-0.2, 0) is 0 Å². The maximum Gasteiger partial charge on any atom is 0.323 e. The first-order valence-electron chi connectivity index (χ1n) is 10.7. The zero-order valence-corrected chi connectivity index (χ0v) is 19.1. The molecule has 35 heavy (non-hydrogen) atoms. The summed E-state index contributed by atoms with van der Waals surface area (Å²) in [6.45, 7) is 0. The lowest BCUT2D eigenvalue weighted by Crippen LogP contribution is -2.19. The van der Waals surface area contributed by atoms with Gasteiger partial charge in [-0.05, 0) is 30.3 Å². The molecule has 0 bridgehead atoms. The lowest BCUT2D eigenvalue weighted by Gasteiger charge is -2.15. The predicted octanol–water partition coefficient (Wildman–Crippen LogP) is 5.52. The standard InChI is InChI=1S/C26H23N5O4/c1-33-18-10-11-25(34-2)22(13-18)31-26(32)30-17-6-5-7-19(12-17)35-24-9-4-3-8-20(24)21(14-27)23-15-28-16-29-23/h3-13,15-16,21H,1-2H3,(H,28,29)(H2,30,31,32). The molecule has 1 unspecified atom stereocenters. The van der Waals surface area contributed by atoms with E-state index in [-0.39, 0.29) is 0 Å². The van der Waals surface area contributed by atoms with Gasteiger partial charge in [0.15, 0.2) is 0 Å². The van der Waals surface area contributed by atoms with E-state index in [2.05, 4.69) is 26.7 Å². The van der Waals surface area contributed by atoms with Gasteiger partial charge in [0.25, 0.3) is 0 Å². The van der Waals surface area contributed by atoms with Crippen molar-refractivity contribution in [1.82, 2.24) is 9.97 Å². The average Bonchev–Trinajstić information content (AvgIpc) is 3.40. The normalized spacial score (nSPS) is 11.1. The number of urea groups is 1. The highest BCUT2D eigenvalue weighted by Crippen LogP contribution is 2.34. The Labute approximate surface area is 202 Å². The minimum atomic E-state index is -0.571. The maximum atomic E-state index is 12.6. The van der Waals surface area contributed by atoms with Crippen LogP contribution in [0.4, 0.5) is 16.2 Å². The molecule has 0 spiro atoms. The van der Waals surface area contributed by atoms with Gasteiger partial charge in [0.1, 0.15) is 28.9 Å². The topological polar surface area (TPSA) is 121 Å². The number of nitrogens with zero attached hydrogens (tertiary/aromatic N) is 2. The number of methoxy groups -OCH3 is 2. The molecule has 0 radical (unpaired) electrons. The molecule has 0 aliphatic rings. The van der Waals surface area contributed by atoms with E-state index < -0.39 is 11.9 Å². The highest BCUT2D eigenvalue weighted by Gasteiger charge is 2.19. The van der Waals surface area contributed by atoms with Crippen molar-refractivity contribution in [1.29, 1.82) is 5.26 Å². The van der Waals surface area contributed by atoms with Crippen molar-refractivity contribution in [3.63, 3.8) is 0 Å². The minimum absolute atomic E-state index is 0.460. The van der Waals surface area contributed by atoms with Gasteiger partial charge in [-0.15, -0.1) is 0 Å². The molecule has 1 aromatic heterocycles. The first-order chi connectivity index (χ1) is 17.1. The molecule has 1 heterocycles. The summed E-state index contributed by atoms with van der Waals surface area (Å²) in [5, 5.41) is 15.3. The van der Waals surface area contributed by atoms with Gasteiger partial charge in [-0.3, -0.25) is 0 Å². The van der Waals surface area contributed by atoms with Gasteiger partial charge >= 0.3 is 6.03 Å². The Hall–Kier alpha value is -4.97. The number of hydrogen-bond donors (Lipinski definition) is 3.